The van der Waals surface area contributed by atoms with Gasteiger partial charge in [0.25, 0.3) is 5.91 Å². The van der Waals surface area contributed by atoms with E-state index in [9.17, 15) is 41.4 Å². The van der Waals surface area contributed by atoms with Crippen LogP contribution >= 0.6 is 23.2 Å². The highest BCUT2D eigenvalue weighted by atomic mass is 35.5. The molecule has 0 bridgehead atoms. The monoisotopic (exact) mass is 632 g/mol. The number of rotatable bonds is 8. The molecule has 1 aromatic carbocycles. The van der Waals surface area contributed by atoms with Gasteiger partial charge in [-0.1, -0.05) is 23.2 Å². The van der Waals surface area contributed by atoms with Crippen molar-refractivity contribution in [1.29, 1.82) is 0 Å². The Bertz CT molecular complexity index is 1500. The van der Waals surface area contributed by atoms with Crippen LogP contribution in [0.3, 0.4) is 0 Å². The van der Waals surface area contributed by atoms with Crippen molar-refractivity contribution in [3.63, 3.8) is 0 Å². The number of amides is 1. The third-order valence-corrected chi connectivity index (χ3v) is 7.84. The lowest BCUT2D eigenvalue weighted by molar-refractivity contribution is -0.152. The molecule has 15 heteroatoms. The number of benzene rings is 1. The predicted molar refractivity (Wildman–Crippen MR) is 140 cm³/mol. The quantitative estimate of drug-likeness (QED) is 0.221. The molecule has 8 nitrogen and oxygen atoms in total. The Morgan fingerprint density at radius 1 is 1.05 bits per heavy atom. The number of carbonyl (C=O) groups excluding carboxylic acids is 2. The molecule has 0 radical (unpaired) electrons. The number of hydrogen-bond donors (Lipinski definition) is 1. The first-order chi connectivity index (χ1) is 19.6. The summed E-state index contributed by atoms with van der Waals surface area (Å²) in [5.74, 6) is -5.22. The summed E-state index contributed by atoms with van der Waals surface area (Å²) in [5, 5.41) is 13.0. The average molecular weight is 633 g/mol. The molecule has 224 valence electrons. The average Bonchev–Trinajstić information content (AvgIpc) is 3.33. The molecular formula is C27H23Cl2F5N4O4. The second-order valence-corrected chi connectivity index (χ2v) is 11.1. The number of alkyl halides is 3. The third-order valence-electron chi connectivity index (χ3n) is 7.26. The molecule has 0 atom stereocenters. The number of aliphatic carboxylic acids is 1. The molecule has 1 fully saturated rings. The normalized spacial score (nSPS) is 19.0. The van der Waals surface area contributed by atoms with Crippen LogP contribution in [-0.4, -0.2) is 49.0 Å². The van der Waals surface area contributed by atoms with Crippen molar-refractivity contribution in [1.82, 2.24) is 19.7 Å². The molecule has 0 unspecified atom stereocenters. The summed E-state index contributed by atoms with van der Waals surface area (Å²) < 4.78 is 71.8. The minimum Gasteiger partial charge on any atom is -0.481 e. The number of ketones is 1. The van der Waals surface area contributed by atoms with E-state index < -0.39 is 71.3 Å². The summed E-state index contributed by atoms with van der Waals surface area (Å²) in [5.41, 5.74) is -3.77. The Balaban J connectivity index is 1.73. The summed E-state index contributed by atoms with van der Waals surface area (Å²) in [7, 11) is 0. The summed E-state index contributed by atoms with van der Waals surface area (Å²) >= 11 is 12.1. The molecule has 1 N–H and O–H groups in total. The van der Waals surface area contributed by atoms with E-state index in [0.717, 1.165) is 24.5 Å². The predicted octanol–water partition coefficient (Wildman–Crippen LogP) is 6.61. The smallest absolute Gasteiger partial charge is 0.433 e. The Hall–Kier alpha value is -3.58. The summed E-state index contributed by atoms with van der Waals surface area (Å²) in [6.45, 7) is 0.00541. The van der Waals surface area contributed by atoms with E-state index in [1.165, 1.54) is 6.92 Å². The van der Waals surface area contributed by atoms with Gasteiger partial charge in [-0.05, 0) is 50.3 Å². The Morgan fingerprint density at radius 2 is 1.62 bits per heavy atom. The maximum absolute atomic E-state index is 14.4. The second kappa shape index (κ2) is 12.0. The molecule has 1 aliphatic rings. The van der Waals surface area contributed by atoms with Crippen molar-refractivity contribution < 1.29 is 41.4 Å². The standard InChI is InChI=1S/C27H23Cl2F5N4O4/c1-26(25(41)42)4-2-17(3-5-26)38-23(27(32,33)34)18(9-36-38)24(40)37(12-14-6-15(30)8-16(31)7-14)13-21(39)22-19(28)10-35-11-20(22)29/h6-11,17H,2-5,12-13H2,1H3,(H,41,42)/t17-,26-. The molecule has 2 aromatic heterocycles. The summed E-state index contributed by atoms with van der Waals surface area (Å²) in [4.78, 5) is 42.9. The maximum atomic E-state index is 14.4. The molecule has 1 saturated carbocycles. The van der Waals surface area contributed by atoms with Gasteiger partial charge in [-0.25, -0.2) is 8.78 Å². The van der Waals surface area contributed by atoms with Crippen molar-refractivity contribution in [3.05, 3.63) is 80.9 Å². The molecule has 1 amide bonds. The van der Waals surface area contributed by atoms with Crippen molar-refractivity contribution in [3.8, 4) is 0 Å². The summed E-state index contributed by atoms with van der Waals surface area (Å²) in [6.07, 6.45) is -1.84. The van der Waals surface area contributed by atoms with E-state index in [2.05, 4.69) is 10.1 Å². The number of carboxylic acids is 1. The van der Waals surface area contributed by atoms with Crippen LogP contribution in [0.2, 0.25) is 10.0 Å². The van der Waals surface area contributed by atoms with Gasteiger partial charge in [-0.15, -0.1) is 0 Å². The fraction of sp³-hybridized carbons (Fsp3) is 0.370. The van der Waals surface area contributed by atoms with E-state index in [1.54, 1.807) is 0 Å². The highest BCUT2D eigenvalue weighted by molar-refractivity contribution is 6.39. The molecule has 4 rings (SSSR count). The van der Waals surface area contributed by atoms with Crippen molar-refractivity contribution in [2.75, 3.05) is 6.54 Å². The lowest BCUT2D eigenvalue weighted by atomic mass is 9.74. The Labute approximate surface area is 246 Å². The number of nitrogens with zero attached hydrogens (tertiary/aromatic N) is 4. The zero-order valence-electron chi connectivity index (χ0n) is 21.9. The first kappa shape index (κ1) is 31.4. The van der Waals surface area contributed by atoms with Crippen LogP contribution in [0.1, 0.15) is 70.6 Å². The summed E-state index contributed by atoms with van der Waals surface area (Å²) in [6, 6.07) is 1.46. The van der Waals surface area contributed by atoms with Gasteiger partial charge in [0.2, 0.25) is 0 Å². The molecule has 0 aliphatic heterocycles. The first-order valence-corrected chi connectivity index (χ1v) is 13.3. The number of hydrogen-bond acceptors (Lipinski definition) is 5. The number of Topliss-reactive ketones (excluding diaryl/α,β-unsaturated/α-hetero) is 1. The molecule has 0 saturated heterocycles. The molecule has 1 aliphatic carbocycles. The lowest BCUT2D eigenvalue weighted by Gasteiger charge is -2.34. The second-order valence-electron chi connectivity index (χ2n) is 10.3. The van der Waals surface area contributed by atoms with Gasteiger partial charge in [0.05, 0.1) is 45.4 Å². The highest BCUT2D eigenvalue weighted by Gasteiger charge is 2.45. The fourth-order valence-corrected chi connectivity index (χ4v) is 5.57. The minimum absolute atomic E-state index is 0.0605. The Kier molecular flexibility index (Phi) is 8.93. The zero-order chi connectivity index (χ0) is 31.0. The van der Waals surface area contributed by atoms with Gasteiger partial charge < -0.3 is 10.0 Å². The van der Waals surface area contributed by atoms with Crippen LogP contribution in [0.15, 0.2) is 36.8 Å². The van der Waals surface area contributed by atoms with Gasteiger partial charge in [0, 0.05) is 25.0 Å². The van der Waals surface area contributed by atoms with E-state index in [0.29, 0.717) is 21.8 Å². The van der Waals surface area contributed by atoms with E-state index in [1.807, 2.05) is 0 Å². The van der Waals surface area contributed by atoms with Crippen LogP contribution < -0.4 is 0 Å². The molecule has 2 heterocycles. The van der Waals surface area contributed by atoms with Gasteiger partial charge in [-0.3, -0.25) is 24.0 Å². The van der Waals surface area contributed by atoms with Crippen molar-refractivity contribution in [2.45, 2.75) is 51.4 Å². The first-order valence-electron chi connectivity index (χ1n) is 12.6. The highest BCUT2D eigenvalue weighted by Crippen LogP contribution is 2.43. The van der Waals surface area contributed by atoms with Crippen molar-refractivity contribution >= 4 is 40.9 Å². The number of aromatic nitrogens is 3. The van der Waals surface area contributed by atoms with E-state index >= 15 is 0 Å². The van der Waals surface area contributed by atoms with E-state index in [4.69, 9.17) is 23.2 Å². The van der Waals surface area contributed by atoms with Crippen LogP contribution in [-0.2, 0) is 17.5 Å². The van der Waals surface area contributed by atoms with E-state index in [-0.39, 0.29) is 46.9 Å². The number of halogens is 7. The van der Waals surface area contributed by atoms with Crippen LogP contribution in [0.25, 0.3) is 0 Å². The zero-order valence-corrected chi connectivity index (χ0v) is 23.4. The maximum Gasteiger partial charge on any atom is 0.433 e. The molecular weight excluding hydrogens is 610 g/mol. The topological polar surface area (TPSA) is 105 Å². The van der Waals surface area contributed by atoms with Gasteiger partial charge >= 0.3 is 12.1 Å². The Morgan fingerprint density at radius 3 is 2.14 bits per heavy atom. The lowest BCUT2D eigenvalue weighted by Crippen LogP contribution is -2.37. The fourth-order valence-electron chi connectivity index (χ4n) is 5.00. The largest absolute Gasteiger partial charge is 0.481 e. The van der Waals surface area contributed by atoms with Gasteiger partial charge in [-0.2, -0.15) is 18.3 Å². The number of carboxylic acid groups (broad SMARTS) is 1. The van der Waals surface area contributed by atoms with Crippen molar-refractivity contribution in [2.24, 2.45) is 5.41 Å². The van der Waals surface area contributed by atoms with Crippen LogP contribution in [0.4, 0.5) is 22.0 Å². The van der Waals surface area contributed by atoms with Gasteiger partial charge in [0.15, 0.2) is 11.5 Å². The molecule has 3 aromatic rings. The molecule has 0 spiro atoms. The molecule has 42 heavy (non-hydrogen) atoms. The minimum atomic E-state index is -5.08. The number of carbonyl (C=O) groups is 3. The van der Waals surface area contributed by atoms with Crippen LogP contribution in [0.5, 0.6) is 0 Å². The third kappa shape index (κ3) is 6.57. The van der Waals surface area contributed by atoms with Gasteiger partial charge in [0.1, 0.15) is 11.6 Å². The SMILES string of the molecule is C[C@]1(C(=O)O)CC[C@H](n2ncc(C(=O)N(CC(=O)c3c(Cl)cncc3Cl)Cc3cc(F)cc(F)c3)c2C(F)(F)F)CC1. The van der Waals surface area contributed by atoms with Crippen LogP contribution in [0, 0.1) is 17.0 Å². The number of pyridine rings is 1.